The van der Waals surface area contributed by atoms with E-state index < -0.39 is 0 Å². The van der Waals surface area contributed by atoms with Gasteiger partial charge in [0.15, 0.2) is 17.6 Å². The molecule has 1 unspecified atom stereocenters. The number of rotatable bonds is 5. The Labute approximate surface area is 176 Å². The van der Waals surface area contributed by atoms with Gasteiger partial charge in [-0.05, 0) is 24.6 Å². The average molecular weight is 485 g/mol. The van der Waals surface area contributed by atoms with Crippen molar-refractivity contribution in [2.24, 2.45) is 4.99 Å². The van der Waals surface area contributed by atoms with Crippen molar-refractivity contribution < 1.29 is 9.13 Å². The lowest BCUT2D eigenvalue weighted by Crippen LogP contribution is -2.44. The lowest BCUT2D eigenvalue weighted by Gasteiger charge is -2.20. The van der Waals surface area contributed by atoms with Crippen LogP contribution in [0.5, 0.6) is 5.75 Å². The summed E-state index contributed by atoms with van der Waals surface area (Å²) in [7, 11) is 3.40. The standard InChI is InChI=1S/C19H24FN5O.HI/c1-21-19(23-12-14-6-3-4-8-17(14)26-2)24-15-9-11-25(13-15)18-16(20)7-5-10-22-18;/h3-8,10,15H,9,11-13H2,1-2H3,(H2,21,23,24);1H. The van der Waals surface area contributed by atoms with E-state index in [9.17, 15) is 4.39 Å². The number of anilines is 1. The van der Waals surface area contributed by atoms with Crippen LogP contribution in [0, 0.1) is 5.82 Å². The number of halogens is 2. The Balaban J connectivity index is 0.00000261. The molecule has 27 heavy (non-hydrogen) atoms. The van der Waals surface area contributed by atoms with Crippen LogP contribution in [0.3, 0.4) is 0 Å². The fourth-order valence-corrected chi connectivity index (χ4v) is 3.10. The third-order valence-electron chi connectivity index (χ3n) is 4.43. The molecule has 0 aliphatic carbocycles. The number of aromatic nitrogens is 1. The molecule has 6 nitrogen and oxygen atoms in total. The Kier molecular flexibility index (Phi) is 8.08. The van der Waals surface area contributed by atoms with Crippen molar-refractivity contribution in [2.45, 2.75) is 19.0 Å². The van der Waals surface area contributed by atoms with Crippen molar-refractivity contribution in [1.82, 2.24) is 15.6 Å². The number of para-hydroxylation sites is 1. The normalized spacial score (nSPS) is 16.6. The zero-order valence-electron chi connectivity index (χ0n) is 15.5. The van der Waals surface area contributed by atoms with Crippen LogP contribution < -0.4 is 20.3 Å². The molecule has 0 bridgehead atoms. The maximum absolute atomic E-state index is 13.9. The minimum absolute atomic E-state index is 0. The number of pyridine rings is 1. The van der Waals surface area contributed by atoms with Crippen molar-refractivity contribution in [2.75, 3.05) is 32.1 Å². The van der Waals surface area contributed by atoms with Gasteiger partial charge in [-0.3, -0.25) is 4.99 Å². The number of methoxy groups -OCH3 is 1. The van der Waals surface area contributed by atoms with E-state index >= 15 is 0 Å². The molecule has 0 saturated carbocycles. The summed E-state index contributed by atoms with van der Waals surface area (Å²) in [6, 6.07) is 11.1. The minimum Gasteiger partial charge on any atom is -0.496 e. The van der Waals surface area contributed by atoms with Gasteiger partial charge in [0.1, 0.15) is 5.75 Å². The van der Waals surface area contributed by atoms with Crippen LogP contribution in [-0.2, 0) is 6.54 Å². The van der Waals surface area contributed by atoms with E-state index in [2.05, 4.69) is 20.6 Å². The van der Waals surface area contributed by atoms with E-state index in [0.29, 0.717) is 24.9 Å². The Morgan fingerprint density at radius 2 is 2.15 bits per heavy atom. The highest BCUT2D eigenvalue weighted by atomic mass is 127. The monoisotopic (exact) mass is 485 g/mol. The highest BCUT2D eigenvalue weighted by Gasteiger charge is 2.25. The Morgan fingerprint density at radius 3 is 2.89 bits per heavy atom. The summed E-state index contributed by atoms with van der Waals surface area (Å²) < 4.78 is 19.3. The van der Waals surface area contributed by atoms with Gasteiger partial charge in [-0.2, -0.15) is 0 Å². The number of hydrogen-bond acceptors (Lipinski definition) is 4. The first-order chi connectivity index (χ1) is 12.7. The topological polar surface area (TPSA) is 61.8 Å². The number of aliphatic imine (C=N–C) groups is 1. The summed E-state index contributed by atoms with van der Waals surface area (Å²) in [5, 5.41) is 6.70. The van der Waals surface area contributed by atoms with Crippen molar-refractivity contribution >= 4 is 35.8 Å². The van der Waals surface area contributed by atoms with Gasteiger partial charge in [0.25, 0.3) is 0 Å². The van der Waals surface area contributed by atoms with E-state index in [1.165, 1.54) is 6.07 Å². The second-order valence-electron chi connectivity index (χ2n) is 6.12. The van der Waals surface area contributed by atoms with Crippen LogP contribution in [-0.4, -0.2) is 44.2 Å². The Hall–Kier alpha value is -2.10. The molecule has 1 fully saturated rings. The van der Waals surface area contributed by atoms with Gasteiger partial charge in [-0.1, -0.05) is 18.2 Å². The second-order valence-corrected chi connectivity index (χ2v) is 6.12. The molecule has 1 aliphatic heterocycles. The number of nitrogens with zero attached hydrogens (tertiary/aromatic N) is 3. The third-order valence-corrected chi connectivity index (χ3v) is 4.43. The van der Waals surface area contributed by atoms with Crippen molar-refractivity contribution in [3.63, 3.8) is 0 Å². The first kappa shape index (κ1) is 21.2. The summed E-state index contributed by atoms with van der Waals surface area (Å²) in [6.07, 6.45) is 2.51. The van der Waals surface area contributed by atoms with Gasteiger partial charge < -0.3 is 20.3 Å². The molecule has 1 aliphatic rings. The SMILES string of the molecule is CN=C(NCc1ccccc1OC)NC1CCN(c2ncccc2F)C1.I. The van der Waals surface area contributed by atoms with E-state index in [4.69, 9.17) is 4.74 Å². The summed E-state index contributed by atoms with van der Waals surface area (Å²) >= 11 is 0. The molecule has 146 valence electrons. The van der Waals surface area contributed by atoms with E-state index in [-0.39, 0.29) is 35.8 Å². The molecule has 1 atom stereocenters. The van der Waals surface area contributed by atoms with Crippen molar-refractivity contribution in [1.29, 1.82) is 0 Å². The van der Waals surface area contributed by atoms with Crippen molar-refractivity contribution in [3.05, 3.63) is 54.0 Å². The second kappa shape index (κ2) is 10.3. The first-order valence-corrected chi connectivity index (χ1v) is 8.66. The van der Waals surface area contributed by atoms with Crippen LogP contribution in [0.15, 0.2) is 47.6 Å². The third kappa shape index (κ3) is 5.44. The van der Waals surface area contributed by atoms with Crippen LogP contribution >= 0.6 is 24.0 Å². The van der Waals surface area contributed by atoms with E-state index in [1.807, 2.05) is 29.2 Å². The largest absolute Gasteiger partial charge is 0.496 e. The number of guanidine groups is 1. The van der Waals surface area contributed by atoms with Gasteiger partial charge in [-0.25, -0.2) is 9.37 Å². The number of hydrogen-bond donors (Lipinski definition) is 2. The molecule has 3 rings (SSSR count). The molecule has 2 aromatic rings. The van der Waals surface area contributed by atoms with E-state index in [0.717, 1.165) is 24.3 Å². The molecule has 1 aromatic heterocycles. The van der Waals surface area contributed by atoms with Gasteiger partial charge in [-0.15, -0.1) is 24.0 Å². The predicted octanol–water partition coefficient (Wildman–Crippen LogP) is 2.79. The van der Waals surface area contributed by atoms with Gasteiger partial charge >= 0.3 is 0 Å². The number of ether oxygens (including phenoxy) is 1. The zero-order valence-corrected chi connectivity index (χ0v) is 17.8. The molecule has 2 heterocycles. The maximum Gasteiger partial charge on any atom is 0.191 e. The average Bonchev–Trinajstić information content (AvgIpc) is 3.14. The van der Waals surface area contributed by atoms with Crippen LogP contribution in [0.4, 0.5) is 10.2 Å². The van der Waals surface area contributed by atoms with Gasteiger partial charge in [0.05, 0.1) is 7.11 Å². The molecular formula is C19H25FIN5O. The van der Waals surface area contributed by atoms with Crippen LogP contribution in [0.25, 0.3) is 0 Å². The molecule has 1 aromatic carbocycles. The fourth-order valence-electron chi connectivity index (χ4n) is 3.10. The highest BCUT2D eigenvalue weighted by molar-refractivity contribution is 14.0. The molecular weight excluding hydrogens is 460 g/mol. The lowest BCUT2D eigenvalue weighted by molar-refractivity contribution is 0.409. The zero-order chi connectivity index (χ0) is 18.4. The van der Waals surface area contributed by atoms with Crippen LogP contribution in [0.1, 0.15) is 12.0 Å². The predicted molar refractivity (Wildman–Crippen MR) is 117 cm³/mol. The fraction of sp³-hybridized carbons (Fsp3) is 0.368. The summed E-state index contributed by atoms with van der Waals surface area (Å²) in [5.41, 5.74) is 1.06. The first-order valence-electron chi connectivity index (χ1n) is 8.66. The van der Waals surface area contributed by atoms with Crippen LogP contribution in [0.2, 0.25) is 0 Å². The molecule has 0 radical (unpaired) electrons. The van der Waals surface area contributed by atoms with E-state index in [1.54, 1.807) is 26.4 Å². The molecule has 1 saturated heterocycles. The van der Waals surface area contributed by atoms with Crippen molar-refractivity contribution in [3.8, 4) is 5.75 Å². The summed E-state index contributed by atoms with van der Waals surface area (Å²) in [4.78, 5) is 10.4. The smallest absolute Gasteiger partial charge is 0.191 e. The molecule has 0 amide bonds. The Bertz CT molecular complexity index is 773. The molecule has 2 N–H and O–H groups in total. The minimum atomic E-state index is -0.285. The highest BCUT2D eigenvalue weighted by Crippen LogP contribution is 2.21. The van der Waals surface area contributed by atoms with Gasteiger partial charge in [0.2, 0.25) is 0 Å². The summed E-state index contributed by atoms with van der Waals surface area (Å²) in [5.74, 6) is 1.68. The molecule has 0 spiro atoms. The Morgan fingerprint density at radius 1 is 1.33 bits per heavy atom. The van der Waals surface area contributed by atoms with Gasteiger partial charge in [0, 0.05) is 44.5 Å². The maximum atomic E-state index is 13.9. The molecule has 8 heteroatoms. The quantitative estimate of drug-likeness (QED) is 0.388. The lowest BCUT2D eigenvalue weighted by atomic mass is 10.2. The number of nitrogens with one attached hydrogen (secondary N) is 2. The number of benzene rings is 1. The summed E-state index contributed by atoms with van der Waals surface area (Å²) in [6.45, 7) is 2.05.